The number of anilines is 1. The maximum absolute atomic E-state index is 5.69. The zero-order valence-corrected chi connectivity index (χ0v) is 13.7. The van der Waals surface area contributed by atoms with Crippen molar-refractivity contribution in [2.24, 2.45) is 0 Å². The predicted octanol–water partition coefficient (Wildman–Crippen LogP) is 4.88. The summed E-state index contributed by atoms with van der Waals surface area (Å²) in [7, 11) is 0. The van der Waals surface area contributed by atoms with Crippen LogP contribution >= 0.6 is 27.7 Å². The monoisotopic (exact) mass is 336 g/mol. The third kappa shape index (κ3) is 3.74. The van der Waals surface area contributed by atoms with Crippen molar-refractivity contribution in [3.8, 4) is 0 Å². The van der Waals surface area contributed by atoms with Crippen LogP contribution in [0.15, 0.2) is 50.9 Å². The number of benzene rings is 1. The minimum atomic E-state index is 0.184. The molecule has 0 bridgehead atoms. The van der Waals surface area contributed by atoms with E-state index in [9.17, 15) is 0 Å². The molecular formula is C15H17BrN2S. The van der Waals surface area contributed by atoms with E-state index in [0.29, 0.717) is 5.69 Å². The van der Waals surface area contributed by atoms with E-state index in [1.165, 1.54) is 10.5 Å². The van der Waals surface area contributed by atoms with E-state index in [-0.39, 0.29) is 5.41 Å². The van der Waals surface area contributed by atoms with Gasteiger partial charge in [-0.05, 0) is 45.1 Å². The smallest absolute Gasteiger partial charge is 0.115 e. The molecule has 2 N–H and O–H groups in total. The Balaban J connectivity index is 2.20. The number of halogens is 1. The average Bonchev–Trinajstić information content (AvgIpc) is 2.32. The summed E-state index contributed by atoms with van der Waals surface area (Å²) in [5.41, 5.74) is 7.87. The summed E-state index contributed by atoms with van der Waals surface area (Å²) in [6.07, 6.45) is 1.68. The Labute approximate surface area is 126 Å². The van der Waals surface area contributed by atoms with Crippen molar-refractivity contribution in [2.75, 3.05) is 5.73 Å². The highest BCUT2D eigenvalue weighted by Gasteiger charge is 2.13. The van der Waals surface area contributed by atoms with Gasteiger partial charge < -0.3 is 5.73 Å². The van der Waals surface area contributed by atoms with Crippen LogP contribution in [-0.4, -0.2) is 4.98 Å². The summed E-state index contributed by atoms with van der Waals surface area (Å²) >= 11 is 5.12. The maximum Gasteiger partial charge on any atom is 0.115 e. The molecule has 1 heterocycles. The summed E-state index contributed by atoms with van der Waals surface area (Å²) in [6.45, 7) is 6.65. The molecule has 0 fully saturated rings. The fourth-order valence-electron chi connectivity index (χ4n) is 1.65. The van der Waals surface area contributed by atoms with E-state index in [1.807, 2.05) is 6.07 Å². The molecule has 0 atom stereocenters. The van der Waals surface area contributed by atoms with Crippen molar-refractivity contribution in [1.29, 1.82) is 0 Å². The lowest BCUT2D eigenvalue weighted by molar-refractivity contribution is 0.590. The van der Waals surface area contributed by atoms with E-state index < -0.39 is 0 Å². The Morgan fingerprint density at radius 2 is 1.79 bits per heavy atom. The van der Waals surface area contributed by atoms with Gasteiger partial charge in [0.05, 0.1) is 16.4 Å². The highest BCUT2D eigenvalue weighted by atomic mass is 79.9. The van der Waals surface area contributed by atoms with Crippen LogP contribution in [-0.2, 0) is 5.41 Å². The van der Waals surface area contributed by atoms with Crippen molar-refractivity contribution < 1.29 is 0 Å². The molecule has 0 radical (unpaired) electrons. The lowest BCUT2D eigenvalue weighted by atomic mass is 9.87. The van der Waals surface area contributed by atoms with E-state index in [2.05, 4.69) is 66.0 Å². The number of hydrogen-bond donors (Lipinski definition) is 1. The third-order valence-corrected chi connectivity index (χ3v) is 4.66. The lowest BCUT2D eigenvalue weighted by Gasteiger charge is -2.19. The quantitative estimate of drug-likeness (QED) is 0.849. The molecule has 0 aliphatic heterocycles. The number of rotatable bonds is 2. The molecule has 2 rings (SSSR count). The van der Waals surface area contributed by atoms with Gasteiger partial charge in [0.25, 0.3) is 0 Å². The van der Waals surface area contributed by atoms with E-state index in [1.54, 1.807) is 18.0 Å². The average molecular weight is 337 g/mol. The van der Waals surface area contributed by atoms with Crippen molar-refractivity contribution in [2.45, 2.75) is 36.1 Å². The molecule has 1 aromatic carbocycles. The van der Waals surface area contributed by atoms with Gasteiger partial charge >= 0.3 is 0 Å². The first-order valence-corrected chi connectivity index (χ1v) is 7.66. The van der Waals surface area contributed by atoms with Gasteiger partial charge in [-0.25, -0.2) is 4.98 Å². The lowest BCUT2D eigenvalue weighted by Crippen LogP contribution is -2.10. The van der Waals surface area contributed by atoms with Crippen LogP contribution in [0.5, 0.6) is 0 Å². The largest absolute Gasteiger partial charge is 0.397 e. The molecule has 0 spiro atoms. The van der Waals surface area contributed by atoms with Crippen LogP contribution in [0.25, 0.3) is 0 Å². The summed E-state index contributed by atoms with van der Waals surface area (Å²) < 4.78 is 0.928. The second kappa shape index (κ2) is 5.55. The van der Waals surface area contributed by atoms with Crippen LogP contribution in [0.4, 0.5) is 5.69 Å². The standard InChI is InChI=1S/C15H17BrN2S/c1-15(2,3)10-4-6-12(7-5-10)19-14-13(16)8-11(17)9-18-14/h4-9H,17H2,1-3H3. The molecule has 0 saturated carbocycles. The number of nitrogens with two attached hydrogens (primary N) is 1. The van der Waals surface area contributed by atoms with Crippen LogP contribution in [0.1, 0.15) is 26.3 Å². The van der Waals surface area contributed by atoms with Crippen molar-refractivity contribution in [3.05, 3.63) is 46.6 Å². The van der Waals surface area contributed by atoms with E-state index >= 15 is 0 Å². The van der Waals surface area contributed by atoms with Gasteiger partial charge in [0, 0.05) is 4.90 Å². The van der Waals surface area contributed by atoms with Gasteiger partial charge in [0.15, 0.2) is 0 Å². The molecule has 0 saturated heterocycles. The minimum Gasteiger partial charge on any atom is -0.397 e. The Kier molecular flexibility index (Phi) is 4.21. The topological polar surface area (TPSA) is 38.9 Å². The number of nitrogens with zero attached hydrogens (tertiary/aromatic N) is 1. The van der Waals surface area contributed by atoms with Gasteiger partial charge in [0.1, 0.15) is 5.03 Å². The van der Waals surface area contributed by atoms with Crippen molar-refractivity contribution in [1.82, 2.24) is 4.98 Å². The second-order valence-corrected chi connectivity index (χ2v) is 7.35. The Morgan fingerprint density at radius 1 is 1.16 bits per heavy atom. The summed E-state index contributed by atoms with van der Waals surface area (Å²) in [5.74, 6) is 0. The first kappa shape index (κ1) is 14.4. The van der Waals surface area contributed by atoms with Gasteiger partial charge in [-0.2, -0.15) is 0 Å². The molecular weight excluding hydrogens is 320 g/mol. The molecule has 2 aromatic rings. The minimum absolute atomic E-state index is 0.184. The zero-order chi connectivity index (χ0) is 14.0. The highest BCUT2D eigenvalue weighted by molar-refractivity contribution is 9.10. The normalized spacial score (nSPS) is 11.6. The second-order valence-electron chi connectivity index (χ2n) is 5.43. The number of nitrogen functional groups attached to an aromatic ring is 1. The van der Waals surface area contributed by atoms with Gasteiger partial charge in [-0.15, -0.1) is 0 Å². The summed E-state index contributed by atoms with van der Waals surface area (Å²) in [6, 6.07) is 10.5. The maximum atomic E-state index is 5.69. The molecule has 4 heteroatoms. The molecule has 2 nitrogen and oxygen atoms in total. The Bertz CT molecular complexity index is 574. The summed E-state index contributed by atoms with van der Waals surface area (Å²) in [5, 5.41) is 0.928. The van der Waals surface area contributed by atoms with Gasteiger partial charge in [-0.3, -0.25) is 0 Å². The van der Waals surface area contributed by atoms with Crippen LogP contribution < -0.4 is 5.73 Å². The van der Waals surface area contributed by atoms with E-state index in [4.69, 9.17) is 5.73 Å². The van der Waals surface area contributed by atoms with Crippen LogP contribution in [0.2, 0.25) is 0 Å². The molecule has 0 aliphatic carbocycles. The summed E-state index contributed by atoms with van der Waals surface area (Å²) in [4.78, 5) is 5.51. The third-order valence-electron chi connectivity index (χ3n) is 2.76. The SMILES string of the molecule is CC(C)(C)c1ccc(Sc2ncc(N)cc2Br)cc1. The fraction of sp³-hybridized carbons (Fsp3) is 0.267. The van der Waals surface area contributed by atoms with Gasteiger partial charge in [-0.1, -0.05) is 44.7 Å². The number of pyridine rings is 1. The predicted molar refractivity (Wildman–Crippen MR) is 85.6 cm³/mol. The molecule has 1 aromatic heterocycles. The number of aromatic nitrogens is 1. The van der Waals surface area contributed by atoms with E-state index in [0.717, 1.165) is 9.50 Å². The fourth-order valence-corrected chi connectivity index (χ4v) is 3.02. The Hall–Kier alpha value is -1.000. The first-order valence-electron chi connectivity index (χ1n) is 6.06. The molecule has 0 aliphatic rings. The highest BCUT2D eigenvalue weighted by Crippen LogP contribution is 2.33. The van der Waals surface area contributed by atoms with Crippen LogP contribution in [0.3, 0.4) is 0 Å². The van der Waals surface area contributed by atoms with Crippen LogP contribution in [0, 0.1) is 0 Å². The molecule has 19 heavy (non-hydrogen) atoms. The zero-order valence-electron chi connectivity index (χ0n) is 11.3. The first-order chi connectivity index (χ1) is 8.86. The molecule has 0 unspecified atom stereocenters. The van der Waals surface area contributed by atoms with Crippen molar-refractivity contribution >= 4 is 33.4 Å². The molecule has 0 amide bonds. The van der Waals surface area contributed by atoms with Gasteiger partial charge in [0.2, 0.25) is 0 Å². The molecule has 100 valence electrons. The number of hydrogen-bond acceptors (Lipinski definition) is 3. The Morgan fingerprint density at radius 3 is 2.32 bits per heavy atom. The van der Waals surface area contributed by atoms with Crippen molar-refractivity contribution in [3.63, 3.8) is 0 Å².